The van der Waals surface area contributed by atoms with Crippen LogP contribution in [0.3, 0.4) is 0 Å². The molecule has 9 heteroatoms. The topological polar surface area (TPSA) is 46.6 Å². The summed E-state index contributed by atoms with van der Waals surface area (Å²) < 4.78 is 60.3. The molecule has 2 aromatic rings. The highest BCUT2D eigenvalue weighted by Crippen LogP contribution is 2.38. The number of ether oxygens (including phenoxy) is 1. The number of sulfonamides is 1. The van der Waals surface area contributed by atoms with Crippen LogP contribution in [0.5, 0.6) is 5.75 Å². The highest BCUT2D eigenvalue weighted by atomic mass is 35.5. The van der Waals surface area contributed by atoms with Crippen LogP contribution in [0.2, 0.25) is 5.02 Å². The lowest BCUT2D eigenvalue weighted by molar-refractivity contribution is 0.392. The molecule has 1 heterocycles. The minimum absolute atomic E-state index is 0.00196. The first-order valence-electron chi connectivity index (χ1n) is 8.23. The van der Waals surface area contributed by atoms with E-state index in [1.165, 1.54) is 41.4 Å². The number of thioether (sulfide) groups is 1. The Morgan fingerprint density at radius 3 is 2.70 bits per heavy atom. The summed E-state index contributed by atoms with van der Waals surface area (Å²) in [5.41, 5.74) is 0.264. The molecule has 0 bridgehead atoms. The maximum absolute atomic E-state index is 14.1. The van der Waals surface area contributed by atoms with Crippen molar-refractivity contribution in [2.45, 2.75) is 16.6 Å². The third-order valence-electron chi connectivity index (χ3n) is 4.35. The molecule has 1 saturated heterocycles. The van der Waals surface area contributed by atoms with Crippen molar-refractivity contribution in [3.8, 4) is 5.75 Å². The van der Waals surface area contributed by atoms with Crippen molar-refractivity contribution in [3.05, 3.63) is 58.6 Å². The number of hydrogen-bond acceptors (Lipinski definition) is 4. The number of methoxy groups -OCH3 is 1. The molecule has 1 fully saturated rings. The van der Waals surface area contributed by atoms with E-state index in [0.717, 1.165) is 12.1 Å². The first-order valence-corrected chi connectivity index (χ1v) is 11.1. The predicted octanol–water partition coefficient (Wildman–Crippen LogP) is 4.50. The lowest BCUT2D eigenvalue weighted by Gasteiger charge is -2.21. The molecule has 0 N–H and O–H groups in total. The van der Waals surface area contributed by atoms with E-state index in [1.54, 1.807) is 6.07 Å². The summed E-state index contributed by atoms with van der Waals surface area (Å²) in [5.74, 6) is -0.321. The fraction of sp³-hybridized carbons (Fsp3) is 0.333. The molecule has 2 aromatic carbocycles. The zero-order valence-corrected chi connectivity index (χ0v) is 16.9. The van der Waals surface area contributed by atoms with E-state index in [0.29, 0.717) is 17.2 Å². The lowest BCUT2D eigenvalue weighted by atomic mass is 10.1. The first kappa shape index (κ1) is 20.4. The van der Waals surface area contributed by atoms with E-state index in [1.807, 2.05) is 0 Å². The van der Waals surface area contributed by atoms with Gasteiger partial charge in [0, 0.05) is 34.7 Å². The third kappa shape index (κ3) is 4.39. The molecular weight excluding hydrogens is 416 g/mol. The molecule has 1 atom stereocenters. The summed E-state index contributed by atoms with van der Waals surface area (Å²) in [4.78, 5) is -0.00196. The molecule has 1 unspecified atom stereocenters. The average molecular weight is 434 g/mol. The van der Waals surface area contributed by atoms with Crippen LogP contribution in [0.25, 0.3) is 0 Å². The Bertz CT molecular complexity index is 940. The van der Waals surface area contributed by atoms with E-state index >= 15 is 0 Å². The van der Waals surface area contributed by atoms with Gasteiger partial charge in [0.25, 0.3) is 0 Å². The Hall–Kier alpha value is -1.35. The zero-order valence-electron chi connectivity index (χ0n) is 14.5. The number of halogens is 3. The second-order valence-electron chi connectivity index (χ2n) is 6.01. The van der Waals surface area contributed by atoms with Gasteiger partial charge in [-0.3, -0.25) is 0 Å². The van der Waals surface area contributed by atoms with Gasteiger partial charge in [0.15, 0.2) is 0 Å². The van der Waals surface area contributed by atoms with Crippen LogP contribution in [0.1, 0.15) is 17.2 Å². The van der Waals surface area contributed by atoms with Gasteiger partial charge < -0.3 is 4.74 Å². The Kier molecular flexibility index (Phi) is 6.30. The quantitative estimate of drug-likeness (QED) is 0.712. The van der Waals surface area contributed by atoms with Crippen LogP contribution >= 0.6 is 23.4 Å². The number of rotatable bonds is 4. The van der Waals surface area contributed by atoms with E-state index in [9.17, 15) is 17.2 Å². The second-order valence-corrected chi connectivity index (χ2v) is 9.67. The molecule has 0 aromatic heterocycles. The van der Waals surface area contributed by atoms with Crippen molar-refractivity contribution in [1.82, 2.24) is 4.31 Å². The molecule has 0 radical (unpaired) electrons. The van der Waals surface area contributed by atoms with Crippen molar-refractivity contribution in [2.24, 2.45) is 0 Å². The number of nitrogens with zero attached hydrogens (tertiary/aromatic N) is 1. The number of benzene rings is 2. The highest BCUT2D eigenvalue weighted by Gasteiger charge is 2.31. The lowest BCUT2D eigenvalue weighted by Crippen LogP contribution is -2.33. The monoisotopic (exact) mass is 433 g/mol. The minimum atomic E-state index is -3.83. The van der Waals surface area contributed by atoms with Gasteiger partial charge in [0.05, 0.1) is 7.11 Å². The van der Waals surface area contributed by atoms with E-state index in [-0.39, 0.29) is 34.5 Å². The summed E-state index contributed by atoms with van der Waals surface area (Å²) in [6.07, 6.45) is 0.368. The summed E-state index contributed by atoms with van der Waals surface area (Å²) in [7, 11) is -2.44. The van der Waals surface area contributed by atoms with Gasteiger partial charge in [0.2, 0.25) is 10.0 Å². The maximum atomic E-state index is 14.1. The molecule has 146 valence electrons. The molecule has 1 aliphatic heterocycles. The van der Waals surface area contributed by atoms with Crippen molar-refractivity contribution < 1.29 is 21.9 Å². The molecule has 0 amide bonds. The molecular formula is C18H18ClF2NO3S2. The summed E-state index contributed by atoms with van der Waals surface area (Å²) in [6.45, 7) is 0.446. The highest BCUT2D eigenvalue weighted by molar-refractivity contribution is 7.99. The van der Waals surface area contributed by atoms with Gasteiger partial charge >= 0.3 is 0 Å². The van der Waals surface area contributed by atoms with Gasteiger partial charge in [-0.1, -0.05) is 11.6 Å². The average Bonchev–Trinajstić information content (AvgIpc) is 2.90. The van der Waals surface area contributed by atoms with E-state index in [2.05, 4.69) is 0 Å². The Morgan fingerprint density at radius 2 is 1.96 bits per heavy atom. The normalized spacial score (nSPS) is 18.9. The second kappa shape index (κ2) is 8.34. The molecule has 4 nitrogen and oxygen atoms in total. The van der Waals surface area contributed by atoms with Crippen molar-refractivity contribution in [3.63, 3.8) is 0 Å². The van der Waals surface area contributed by atoms with Gasteiger partial charge in [-0.2, -0.15) is 16.1 Å². The van der Waals surface area contributed by atoms with Crippen LogP contribution in [0, 0.1) is 11.6 Å². The van der Waals surface area contributed by atoms with Crippen LogP contribution in [-0.2, 0) is 10.0 Å². The first-order chi connectivity index (χ1) is 12.8. The predicted molar refractivity (Wildman–Crippen MR) is 103 cm³/mol. The van der Waals surface area contributed by atoms with Crippen molar-refractivity contribution >= 4 is 33.4 Å². The van der Waals surface area contributed by atoms with Gasteiger partial charge in [-0.15, -0.1) is 0 Å². The zero-order chi connectivity index (χ0) is 19.6. The largest absolute Gasteiger partial charge is 0.495 e. The summed E-state index contributed by atoms with van der Waals surface area (Å²) >= 11 is 7.38. The van der Waals surface area contributed by atoms with Crippen LogP contribution in [0.15, 0.2) is 41.3 Å². The Labute approximate surface area is 166 Å². The van der Waals surface area contributed by atoms with Gasteiger partial charge in [0.1, 0.15) is 22.3 Å². The maximum Gasteiger partial charge on any atom is 0.246 e. The minimum Gasteiger partial charge on any atom is -0.495 e. The van der Waals surface area contributed by atoms with E-state index < -0.39 is 21.7 Å². The van der Waals surface area contributed by atoms with E-state index in [4.69, 9.17) is 16.3 Å². The molecule has 27 heavy (non-hydrogen) atoms. The van der Waals surface area contributed by atoms with Crippen molar-refractivity contribution in [1.29, 1.82) is 0 Å². The Balaban J connectivity index is 1.85. The van der Waals surface area contributed by atoms with Gasteiger partial charge in [-0.05, 0) is 42.8 Å². The standard InChI is InChI=1S/C18H18ClF2NO3S2/c1-25-16-5-2-12(19)10-18(16)27(23,24)22-7-6-17(26-9-8-22)14-11-13(20)3-4-15(14)21/h2-5,10-11,17H,6-9H2,1H3. The third-order valence-corrected chi connectivity index (χ3v) is 7.81. The SMILES string of the molecule is COc1ccc(Cl)cc1S(=O)(=O)N1CCSC(c2cc(F)ccc2F)CC1. The van der Waals surface area contributed by atoms with Crippen LogP contribution < -0.4 is 4.74 Å². The smallest absolute Gasteiger partial charge is 0.246 e. The summed E-state index contributed by atoms with van der Waals surface area (Å²) in [6, 6.07) is 7.77. The molecule has 3 rings (SSSR count). The molecule has 0 saturated carbocycles. The molecule has 0 aliphatic carbocycles. The number of hydrogen-bond donors (Lipinski definition) is 0. The summed E-state index contributed by atoms with van der Waals surface area (Å²) in [5, 5.41) is -0.0274. The molecule has 1 aliphatic rings. The Morgan fingerprint density at radius 1 is 1.19 bits per heavy atom. The van der Waals surface area contributed by atoms with Gasteiger partial charge in [-0.25, -0.2) is 17.2 Å². The fourth-order valence-corrected chi connectivity index (χ4v) is 6.22. The fourth-order valence-electron chi connectivity index (χ4n) is 2.99. The van der Waals surface area contributed by atoms with Crippen LogP contribution in [-0.4, -0.2) is 38.7 Å². The van der Waals surface area contributed by atoms with Crippen molar-refractivity contribution in [2.75, 3.05) is 26.0 Å². The van der Waals surface area contributed by atoms with Crippen LogP contribution in [0.4, 0.5) is 8.78 Å². The molecule has 0 spiro atoms.